The molecule has 0 aliphatic rings. The molecule has 0 fully saturated rings. The Hall–Kier alpha value is -3.74. The van der Waals surface area contributed by atoms with E-state index in [4.69, 9.17) is 0 Å². The van der Waals surface area contributed by atoms with Gasteiger partial charge >= 0.3 is 6.18 Å². The van der Waals surface area contributed by atoms with Crippen molar-refractivity contribution in [2.24, 2.45) is 0 Å². The minimum absolute atomic E-state index is 0.0674. The van der Waals surface area contributed by atoms with Crippen LogP contribution in [0.2, 0.25) is 0 Å². The van der Waals surface area contributed by atoms with Gasteiger partial charge in [-0.1, -0.05) is 30.3 Å². The molecule has 1 heterocycles. The Morgan fingerprint density at radius 1 is 0.939 bits per heavy atom. The molecule has 168 valence electrons. The van der Waals surface area contributed by atoms with Crippen molar-refractivity contribution in [2.45, 2.75) is 26.6 Å². The van der Waals surface area contributed by atoms with Gasteiger partial charge in [-0.2, -0.15) is 13.2 Å². The zero-order chi connectivity index (χ0) is 23.9. The van der Waals surface area contributed by atoms with Gasteiger partial charge in [0.15, 0.2) is 5.78 Å². The molecular formula is C26H19F4NO2. The molecule has 0 N–H and O–H groups in total. The first kappa shape index (κ1) is 22.5. The van der Waals surface area contributed by atoms with Gasteiger partial charge in [-0.15, -0.1) is 0 Å². The maximum absolute atomic E-state index is 14.3. The monoisotopic (exact) mass is 453 g/mol. The number of carbonyl (C=O) groups excluding carboxylic acids is 1. The van der Waals surface area contributed by atoms with Crippen molar-refractivity contribution in [1.29, 1.82) is 0 Å². The first-order valence-corrected chi connectivity index (χ1v) is 10.2. The molecule has 0 atom stereocenters. The Kier molecular flexibility index (Phi) is 5.66. The lowest BCUT2D eigenvalue weighted by atomic mass is 9.98. The predicted octanol–water partition coefficient (Wildman–Crippen LogP) is 6.06. The summed E-state index contributed by atoms with van der Waals surface area (Å²) in [6, 6.07) is 13.7. The summed E-state index contributed by atoms with van der Waals surface area (Å²) in [7, 11) is 0. The smallest absolute Gasteiger partial charge is 0.342 e. The van der Waals surface area contributed by atoms with Crippen molar-refractivity contribution in [1.82, 2.24) is 4.57 Å². The maximum Gasteiger partial charge on any atom is 0.416 e. The predicted molar refractivity (Wildman–Crippen MR) is 118 cm³/mol. The van der Waals surface area contributed by atoms with E-state index >= 15 is 0 Å². The van der Waals surface area contributed by atoms with Gasteiger partial charge in [0.25, 0.3) is 0 Å². The quantitative estimate of drug-likeness (QED) is 0.279. The number of fused-ring (bicyclic) bond motifs is 1. The van der Waals surface area contributed by atoms with Crippen molar-refractivity contribution in [3.63, 3.8) is 0 Å². The van der Waals surface area contributed by atoms with Gasteiger partial charge in [-0.3, -0.25) is 9.59 Å². The first-order chi connectivity index (χ1) is 15.6. The number of carbonyl (C=O) groups is 1. The second-order valence-corrected chi connectivity index (χ2v) is 7.95. The average molecular weight is 453 g/mol. The lowest BCUT2D eigenvalue weighted by molar-refractivity contribution is -0.137. The summed E-state index contributed by atoms with van der Waals surface area (Å²) in [5.74, 6) is -1.11. The fourth-order valence-electron chi connectivity index (χ4n) is 3.71. The molecule has 0 saturated carbocycles. The Bertz CT molecular complexity index is 1450. The summed E-state index contributed by atoms with van der Waals surface area (Å²) >= 11 is 0. The summed E-state index contributed by atoms with van der Waals surface area (Å²) in [6.07, 6.45) is -3.37. The Labute approximate surface area is 186 Å². The number of alkyl halides is 3. The normalized spacial score (nSPS) is 11.7. The van der Waals surface area contributed by atoms with Crippen LogP contribution in [-0.4, -0.2) is 10.4 Å². The fraction of sp³-hybridized carbons (Fsp3) is 0.154. The number of nitrogens with zero attached hydrogens (tertiary/aromatic N) is 1. The zero-order valence-corrected chi connectivity index (χ0v) is 17.8. The van der Waals surface area contributed by atoms with Crippen molar-refractivity contribution in [2.75, 3.05) is 0 Å². The highest BCUT2D eigenvalue weighted by Crippen LogP contribution is 2.31. The van der Waals surface area contributed by atoms with Crippen molar-refractivity contribution in [3.05, 3.63) is 116 Å². The van der Waals surface area contributed by atoms with Crippen molar-refractivity contribution >= 4 is 16.7 Å². The number of rotatable bonds is 4. The molecule has 4 rings (SSSR count). The lowest BCUT2D eigenvalue weighted by Gasteiger charge is -2.16. The van der Waals surface area contributed by atoms with Crippen LogP contribution in [-0.2, 0) is 12.7 Å². The molecule has 4 aromatic rings. The zero-order valence-electron chi connectivity index (χ0n) is 17.8. The number of pyridine rings is 1. The number of ketones is 1. The van der Waals surface area contributed by atoms with Gasteiger partial charge in [0.2, 0.25) is 5.43 Å². The molecule has 0 bridgehead atoms. The lowest BCUT2D eigenvalue weighted by Crippen LogP contribution is -2.21. The van der Waals surface area contributed by atoms with Crippen molar-refractivity contribution < 1.29 is 22.4 Å². The third-order valence-corrected chi connectivity index (χ3v) is 5.72. The summed E-state index contributed by atoms with van der Waals surface area (Å²) < 4.78 is 55.7. The third kappa shape index (κ3) is 4.31. The van der Waals surface area contributed by atoms with Gasteiger partial charge in [-0.25, -0.2) is 4.39 Å². The SMILES string of the molecule is Cc1ccc(C(=O)c2cn(Cc3ccccc3F)c3ccc(C(F)(F)F)cc3c2=O)cc1C. The summed E-state index contributed by atoms with van der Waals surface area (Å²) in [4.78, 5) is 26.4. The van der Waals surface area contributed by atoms with Crippen LogP contribution in [0.25, 0.3) is 10.9 Å². The molecule has 1 aromatic heterocycles. The van der Waals surface area contributed by atoms with Crippen LogP contribution in [0.4, 0.5) is 17.6 Å². The summed E-state index contributed by atoms with van der Waals surface area (Å²) in [5, 5.41) is -0.254. The van der Waals surface area contributed by atoms with Gasteiger partial charge in [0.1, 0.15) is 5.82 Å². The van der Waals surface area contributed by atoms with E-state index in [0.717, 1.165) is 23.3 Å². The van der Waals surface area contributed by atoms with Crippen LogP contribution in [0, 0.1) is 19.7 Å². The highest BCUT2D eigenvalue weighted by Gasteiger charge is 2.31. The van der Waals surface area contributed by atoms with Crippen LogP contribution < -0.4 is 5.43 Å². The highest BCUT2D eigenvalue weighted by atomic mass is 19.4. The van der Waals surface area contributed by atoms with E-state index < -0.39 is 28.8 Å². The number of hydrogen-bond acceptors (Lipinski definition) is 2. The third-order valence-electron chi connectivity index (χ3n) is 5.72. The van der Waals surface area contributed by atoms with Crippen LogP contribution in [0.3, 0.4) is 0 Å². The summed E-state index contributed by atoms with van der Waals surface area (Å²) in [5.41, 5.74) is 0.411. The average Bonchev–Trinajstić information content (AvgIpc) is 2.77. The number of benzene rings is 3. The van der Waals surface area contributed by atoms with E-state index in [1.165, 1.54) is 35.0 Å². The van der Waals surface area contributed by atoms with Crippen LogP contribution in [0.5, 0.6) is 0 Å². The van der Waals surface area contributed by atoms with Gasteiger partial charge < -0.3 is 4.57 Å². The van der Waals surface area contributed by atoms with E-state index in [-0.39, 0.29) is 34.1 Å². The molecule has 0 aliphatic carbocycles. The Morgan fingerprint density at radius 2 is 1.67 bits per heavy atom. The van der Waals surface area contributed by atoms with Gasteiger partial charge in [0, 0.05) is 22.7 Å². The van der Waals surface area contributed by atoms with E-state index in [1.54, 1.807) is 24.3 Å². The van der Waals surface area contributed by atoms with Gasteiger partial charge in [-0.05, 0) is 55.3 Å². The van der Waals surface area contributed by atoms with Gasteiger partial charge in [0.05, 0.1) is 23.2 Å². The van der Waals surface area contributed by atoms with E-state index in [1.807, 2.05) is 13.8 Å². The number of halogens is 4. The van der Waals surface area contributed by atoms with Crippen LogP contribution in [0.1, 0.15) is 38.2 Å². The molecule has 7 heteroatoms. The molecule has 0 unspecified atom stereocenters. The Morgan fingerprint density at radius 3 is 2.33 bits per heavy atom. The standard InChI is InChI=1S/C26H19F4NO2/c1-15-7-8-17(11-16(15)2)24(32)21-14-31(13-18-5-3-4-6-22(18)27)23-10-9-19(26(28,29)30)12-20(23)25(21)33/h3-12,14H,13H2,1-2H3. The summed E-state index contributed by atoms with van der Waals surface area (Å²) in [6.45, 7) is 3.63. The maximum atomic E-state index is 14.3. The fourth-order valence-corrected chi connectivity index (χ4v) is 3.71. The highest BCUT2D eigenvalue weighted by molar-refractivity contribution is 6.10. The second-order valence-electron chi connectivity index (χ2n) is 7.95. The first-order valence-electron chi connectivity index (χ1n) is 10.2. The molecular weight excluding hydrogens is 434 g/mol. The molecule has 0 aliphatic heterocycles. The molecule has 0 amide bonds. The molecule has 3 nitrogen and oxygen atoms in total. The molecule has 0 radical (unpaired) electrons. The molecule has 3 aromatic carbocycles. The van der Waals surface area contributed by atoms with E-state index in [9.17, 15) is 27.2 Å². The molecule has 33 heavy (non-hydrogen) atoms. The number of aromatic nitrogens is 1. The van der Waals surface area contributed by atoms with E-state index in [2.05, 4.69) is 0 Å². The second kappa shape index (κ2) is 8.31. The van der Waals surface area contributed by atoms with Crippen LogP contribution in [0.15, 0.2) is 71.7 Å². The largest absolute Gasteiger partial charge is 0.416 e. The minimum Gasteiger partial charge on any atom is -0.342 e. The topological polar surface area (TPSA) is 39.1 Å². The van der Waals surface area contributed by atoms with Crippen molar-refractivity contribution in [3.8, 4) is 0 Å². The minimum atomic E-state index is -4.66. The number of hydrogen-bond donors (Lipinski definition) is 0. The van der Waals surface area contributed by atoms with E-state index in [0.29, 0.717) is 0 Å². The molecule has 0 spiro atoms. The Balaban J connectivity index is 1.96. The molecule has 0 saturated heterocycles. The number of aryl methyl sites for hydroxylation is 2. The van der Waals surface area contributed by atoms with Crippen LogP contribution >= 0.6 is 0 Å².